The number of hydrogen-bond acceptors (Lipinski definition) is 3. The van der Waals surface area contributed by atoms with E-state index < -0.39 is 23.5 Å². The van der Waals surface area contributed by atoms with Crippen LogP contribution in [0.15, 0.2) is 66.7 Å². The Morgan fingerprint density at radius 3 is 2.18 bits per heavy atom. The highest BCUT2D eigenvalue weighted by molar-refractivity contribution is 6.37. The molecule has 1 heterocycles. The molecule has 1 aliphatic heterocycles. The van der Waals surface area contributed by atoms with Crippen LogP contribution in [0, 0.1) is 5.82 Å². The topological polar surface area (TPSA) is 66.5 Å². The Kier molecular flexibility index (Phi) is 4.41. The second-order valence-corrected chi connectivity index (χ2v) is 6.53. The van der Waals surface area contributed by atoms with Crippen molar-refractivity contribution in [3.63, 3.8) is 0 Å². The number of rotatable bonds is 3. The van der Waals surface area contributed by atoms with Gasteiger partial charge in [-0.1, -0.05) is 29.8 Å². The molecule has 0 fully saturated rings. The predicted octanol–water partition coefficient (Wildman–Crippen LogP) is 4.53. The average molecular weight is 395 g/mol. The molecule has 138 valence electrons. The monoisotopic (exact) mass is 394 g/mol. The van der Waals surface area contributed by atoms with Gasteiger partial charge in [-0.2, -0.15) is 0 Å². The quantitative estimate of drug-likeness (QED) is 0.663. The van der Waals surface area contributed by atoms with E-state index in [4.69, 9.17) is 11.6 Å². The molecule has 0 bridgehead atoms. The zero-order valence-corrected chi connectivity index (χ0v) is 15.0. The molecule has 0 atom stereocenters. The Hall–Kier alpha value is -3.51. The van der Waals surface area contributed by atoms with Crippen molar-refractivity contribution in [1.82, 2.24) is 0 Å². The van der Waals surface area contributed by atoms with Crippen molar-refractivity contribution >= 4 is 40.7 Å². The first-order valence-electron chi connectivity index (χ1n) is 8.30. The van der Waals surface area contributed by atoms with Gasteiger partial charge in [0.05, 0.1) is 27.5 Å². The summed E-state index contributed by atoms with van der Waals surface area (Å²) in [5.41, 5.74) is 1.36. The fourth-order valence-corrected chi connectivity index (χ4v) is 3.21. The van der Waals surface area contributed by atoms with Crippen LogP contribution in [0.4, 0.5) is 15.8 Å². The first kappa shape index (κ1) is 17.9. The van der Waals surface area contributed by atoms with Gasteiger partial charge in [-0.15, -0.1) is 0 Å². The lowest BCUT2D eigenvalue weighted by Gasteiger charge is -2.16. The molecule has 1 N–H and O–H groups in total. The molecule has 0 spiro atoms. The van der Waals surface area contributed by atoms with Crippen LogP contribution in [0.1, 0.15) is 31.1 Å². The molecule has 0 saturated carbocycles. The lowest BCUT2D eigenvalue weighted by Crippen LogP contribution is -2.29. The van der Waals surface area contributed by atoms with E-state index in [1.165, 1.54) is 36.4 Å². The number of amides is 3. The van der Waals surface area contributed by atoms with Gasteiger partial charge in [0.2, 0.25) is 0 Å². The van der Waals surface area contributed by atoms with Gasteiger partial charge in [-0.3, -0.25) is 14.4 Å². The van der Waals surface area contributed by atoms with Gasteiger partial charge in [0, 0.05) is 5.56 Å². The number of carbonyl (C=O) groups excluding carboxylic acids is 3. The lowest BCUT2D eigenvalue weighted by atomic mass is 10.1. The first-order chi connectivity index (χ1) is 13.5. The fraction of sp³-hybridized carbons (Fsp3) is 0. The van der Waals surface area contributed by atoms with E-state index in [1.807, 2.05) is 0 Å². The highest BCUT2D eigenvalue weighted by Gasteiger charge is 2.36. The summed E-state index contributed by atoms with van der Waals surface area (Å²) in [7, 11) is 0. The van der Waals surface area contributed by atoms with Crippen molar-refractivity contribution in [2.45, 2.75) is 0 Å². The van der Waals surface area contributed by atoms with E-state index in [9.17, 15) is 18.8 Å². The van der Waals surface area contributed by atoms with Gasteiger partial charge >= 0.3 is 0 Å². The maximum Gasteiger partial charge on any atom is 0.266 e. The van der Waals surface area contributed by atoms with E-state index in [2.05, 4.69) is 5.32 Å². The van der Waals surface area contributed by atoms with E-state index in [0.29, 0.717) is 16.8 Å². The fourth-order valence-electron chi connectivity index (χ4n) is 2.99. The number of anilines is 2. The van der Waals surface area contributed by atoms with Crippen LogP contribution in [-0.2, 0) is 0 Å². The third-order valence-corrected chi connectivity index (χ3v) is 4.65. The molecule has 0 saturated heterocycles. The molecule has 5 nitrogen and oxygen atoms in total. The van der Waals surface area contributed by atoms with Crippen molar-refractivity contribution in [3.8, 4) is 0 Å². The Morgan fingerprint density at radius 2 is 1.57 bits per heavy atom. The van der Waals surface area contributed by atoms with E-state index in [1.54, 1.807) is 24.3 Å². The Labute approximate surface area is 164 Å². The second-order valence-electron chi connectivity index (χ2n) is 6.12. The molecule has 28 heavy (non-hydrogen) atoms. The minimum Gasteiger partial charge on any atom is -0.321 e. The molecule has 4 rings (SSSR count). The zero-order valence-electron chi connectivity index (χ0n) is 14.3. The van der Waals surface area contributed by atoms with Gasteiger partial charge in [-0.25, -0.2) is 9.29 Å². The molecular formula is C21H12ClFN2O3. The highest BCUT2D eigenvalue weighted by Crippen LogP contribution is 2.33. The van der Waals surface area contributed by atoms with Gasteiger partial charge in [0.25, 0.3) is 17.7 Å². The highest BCUT2D eigenvalue weighted by atomic mass is 35.5. The van der Waals surface area contributed by atoms with Crippen LogP contribution >= 0.6 is 11.6 Å². The molecule has 3 aromatic carbocycles. The zero-order chi connectivity index (χ0) is 19.8. The van der Waals surface area contributed by atoms with Crippen LogP contribution < -0.4 is 10.2 Å². The van der Waals surface area contributed by atoms with E-state index >= 15 is 0 Å². The maximum atomic E-state index is 13.3. The van der Waals surface area contributed by atoms with Crippen molar-refractivity contribution in [2.75, 3.05) is 10.2 Å². The minimum absolute atomic E-state index is 0.138. The molecule has 0 aromatic heterocycles. The van der Waals surface area contributed by atoms with E-state index in [-0.39, 0.29) is 16.3 Å². The van der Waals surface area contributed by atoms with Crippen LogP contribution in [0.25, 0.3) is 0 Å². The minimum atomic E-state index is -0.533. The third kappa shape index (κ3) is 3.04. The second kappa shape index (κ2) is 6.90. The van der Waals surface area contributed by atoms with Crippen LogP contribution in [0.3, 0.4) is 0 Å². The van der Waals surface area contributed by atoms with Crippen LogP contribution in [0.2, 0.25) is 5.02 Å². The molecule has 1 aliphatic rings. The largest absolute Gasteiger partial charge is 0.321 e. The number of benzene rings is 3. The molecule has 3 aromatic rings. The third-order valence-electron chi connectivity index (χ3n) is 4.34. The lowest BCUT2D eigenvalue weighted by molar-refractivity contribution is 0.0924. The summed E-state index contributed by atoms with van der Waals surface area (Å²) >= 11 is 6.24. The standard InChI is InChI=1S/C21H12ClFN2O3/c22-17-11-14(25-20(27)15-6-1-2-7-16(15)21(25)28)8-9-18(17)24-19(26)12-4-3-5-13(23)10-12/h1-11H,(H,24,26). The van der Waals surface area contributed by atoms with E-state index in [0.717, 1.165) is 11.0 Å². The summed E-state index contributed by atoms with van der Waals surface area (Å²) in [6.07, 6.45) is 0. The predicted molar refractivity (Wildman–Crippen MR) is 103 cm³/mol. The number of nitrogens with zero attached hydrogens (tertiary/aromatic N) is 1. The van der Waals surface area contributed by atoms with Gasteiger partial charge in [0.1, 0.15) is 5.82 Å². The summed E-state index contributed by atoms with van der Waals surface area (Å²) in [5, 5.41) is 2.72. The van der Waals surface area contributed by atoms with Crippen LogP contribution in [-0.4, -0.2) is 17.7 Å². The molecule has 0 unspecified atom stereocenters. The SMILES string of the molecule is O=C(Nc1ccc(N2C(=O)c3ccccc3C2=O)cc1Cl)c1cccc(F)c1. The van der Waals surface area contributed by atoms with Crippen molar-refractivity contribution < 1.29 is 18.8 Å². The van der Waals surface area contributed by atoms with Gasteiger partial charge < -0.3 is 5.32 Å². The summed E-state index contributed by atoms with van der Waals surface area (Å²) < 4.78 is 13.3. The molecule has 3 amide bonds. The Balaban J connectivity index is 1.60. The first-order valence-corrected chi connectivity index (χ1v) is 8.68. The number of carbonyl (C=O) groups is 3. The van der Waals surface area contributed by atoms with Crippen molar-refractivity contribution in [3.05, 3.63) is 94.3 Å². The Bertz CT molecular complexity index is 1110. The number of fused-ring (bicyclic) bond motifs is 1. The molecule has 7 heteroatoms. The van der Waals surface area contributed by atoms with Gasteiger partial charge in [0.15, 0.2) is 0 Å². The summed E-state index contributed by atoms with van der Waals surface area (Å²) in [4.78, 5) is 38.4. The summed E-state index contributed by atoms with van der Waals surface area (Å²) in [5.74, 6) is -1.93. The maximum absolute atomic E-state index is 13.3. The number of hydrogen-bond donors (Lipinski definition) is 1. The van der Waals surface area contributed by atoms with Gasteiger partial charge in [-0.05, 0) is 48.5 Å². The number of halogens is 2. The average Bonchev–Trinajstić information content (AvgIpc) is 2.94. The number of imide groups is 1. The molecule has 0 radical (unpaired) electrons. The van der Waals surface area contributed by atoms with Crippen molar-refractivity contribution in [1.29, 1.82) is 0 Å². The normalized spacial score (nSPS) is 12.9. The number of nitrogens with one attached hydrogen (secondary N) is 1. The Morgan fingerprint density at radius 1 is 0.893 bits per heavy atom. The van der Waals surface area contributed by atoms with Crippen molar-refractivity contribution in [2.24, 2.45) is 0 Å². The molecular weight excluding hydrogens is 383 g/mol. The van der Waals surface area contributed by atoms with Crippen LogP contribution in [0.5, 0.6) is 0 Å². The molecule has 0 aliphatic carbocycles. The summed E-state index contributed by atoms with van der Waals surface area (Å²) in [6, 6.07) is 16.2. The summed E-state index contributed by atoms with van der Waals surface area (Å²) in [6.45, 7) is 0. The smallest absolute Gasteiger partial charge is 0.266 e.